The molecule has 3 nitrogen and oxygen atoms in total. The van der Waals surface area contributed by atoms with Crippen LogP contribution in [0.3, 0.4) is 0 Å². The number of anilines is 1. The fourth-order valence-corrected chi connectivity index (χ4v) is 2.08. The SMILES string of the molecule is O=C(NCCCc1ccc(F)cc1)Nc1cccc(Cl)c1. The zero-order chi connectivity index (χ0) is 15.1. The van der Waals surface area contributed by atoms with E-state index in [2.05, 4.69) is 10.6 Å². The molecular weight excluding hydrogens is 291 g/mol. The molecule has 0 aliphatic heterocycles. The quantitative estimate of drug-likeness (QED) is 0.797. The fraction of sp³-hybridized carbons (Fsp3) is 0.188. The minimum Gasteiger partial charge on any atom is -0.338 e. The van der Waals surface area contributed by atoms with Gasteiger partial charge in [0.05, 0.1) is 0 Å². The van der Waals surface area contributed by atoms with E-state index in [-0.39, 0.29) is 11.8 Å². The summed E-state index contributed by atoms with van der Waals surface area (Å²) in [6.07, 6.45) is 1.58. The Balaban J connectivity index is 1.68. The van der Waals surface area contributed by atoms with E-state index in [9.17, 15) is 9.18 Å². The van der Waals surface area contributed by atoms with Crippen LogP contribution < -0.4 is 10.6 Å². The molecule has 0 heterocycles. The van der Waals surface area contributed by atoms with Gasteiger partial charge in [-0.2, -0.15) is 0 Å². The normalized spacial score (nSPS) is 10.2. The maximum absolute atomic E-state index is 12.7. The highest BCUT2D eigenvalue weighted by molar-refractivity contribution is 6.30. The predicted octanol–water partition coefficient (Wildman–Crippen LogP) is 4.23. The van der Waals surface area contributed by atoms with Crippen molar-refractivity contribution in [2.75, 3.05) is 11.9 Å². The van der Waals surface area contributed by atoms with Crippen LogP contribution in [0, 0.1) is 5.82 Å². The number of carbonyl (C=O) groups excluding carboxylic acids is 1. The van der Waals surface area contributed by atoms with Crippen LogP contribution in [0.4, 0.5) is 14.9 Å². The number of benzene rings is 2. The zero-order valence-corrected chi connectivity index (χ0v) is 12.2. The zero-order valence-electron chi connectivity index (χ0n) is 11.4. The molecule has 0 saturated heterocycles. The number of hydrogen-bond donors (Lipinski definition) is 2. The average molecular weight is 307 g/mol. The first kappa shape index (κ1) is 15.3. The minimum atomic E-state index is -0.267. The first-order valence-corrected chi connectivity index (χ1v) is 7.06. The second kappa shape index (κ2) is 7.64. The summed E-state index contributed by atoms with van der Waals surface area (Å²) >= 11 is 5.84. The Labute approximate surface area is 128 Å². The first-order chi connectivity index (χ1) is 10.1. The van der Waals surface area contributed by atoms with Gasteiger partial charge in [0.25, 0.3) is 0 Å². The van der Waals surface area contributed by atoms with Crippen LogP contribution in [0.1, 0.15) is 12.0 Å². The summed E-state index contributed by atoms with van der Waals surface area (Å²) in [4.78, 5) is 11.7. The van der Waals surface area contributed by atoms with Crippen LogP contribution in [0.15, 0.2) is 48.5 Å². The van der Waals surface area contributed by atoms with E-state index in [0.29, 0.717) is 17.3 Å². The van der Waals surface area contributed by atoms with Gasteiger partial charge < -0.3 is 10.6 Å². The molecule has 21 heavy (non-hydrogen) atoms. The lowest BCUT2D eigenvalue weighted by atomic mass is 10.1. The van der Waals surface area contributed by atoms with Crippen molar-refractivity contribution in [2.24, 2.45) is 0 Å². The van der Waals surface area contributed by atoms with Gasteiger partial charge in [0.2, 0.25) is 0 Å². The highest BCUT2D eigenvalue weighted by Gasteiger charge is 2.01. The van der Waals surface area contributed by atoms with Gasteiger partial charge in [-0.3, -0.25) is 0 Å². The van der Waals surface area contributed by atoms with Gasteiger partial charge in [-0.25, -0.2) is 9.18 Å². The maximum Gasteiger partial charge on any atom is 0.319 e. The number of urea groups is 1. The van der Waals surface area contributed by atoms with Crippen molar-refractivity contribution in [1.29, 1.82) is 0 Å². The molecule has 110 valence electrons. The van der Waals surface area contributed by atoms with Gasteiger partial charge in [-0.15, -0.1) is 0 Å². The Morgan fingerprint density at radius 1 is 1.14 bits per heavy atom. The van der Waals surface area contributed by atoms with Gasteiger partial charge in [0, 0.05) is 17.3 Å². The van der Waals surface area contributed by atoms with Gasteiger partial charge in [0.15, 0.2) is 0 Å². The van der Waals surface area contributed by atoms with Crippen molar-refractivity contribution in [3.8, 4) is 0 Å². The summed E-state index contributed by atoms with van der Waals surface area (Å²) in [5.74, 6) is -0.238. The molecule has 0 atom stereocenters. The molecule has 0 spiro atoms. The minimum absolute atomic E-state index is 0.238. The smallest absolute Gasteiger partial charge is 0.319 e. The third-order valence-electron chi connectivity index (χ3n) is 2.92. The van der Waals surface area contributed by atoms with Crippen molar-refractivity contribution in [2.45, 2.75) is 12.8 Å². The lowest BCUT2D eigenvalue weighted by Gasteiger charge is -2.08. The van der Waals surface area contributed by atoms with Crippen LogP contribution in [-0.2, 0) is 6.42 Å². The maximum atomic E-state index is 12.7. The summed E-state index contributed by atoms with van der Waals surface area (Å²) < 4.78 is 12.7. The van der Waals surface area contributed by atoms with Crippen LogP contribution in [0.5, 0.6) is 0 Å². The van der Waals surface area contributed by atoms with Gasteiger partial charge in [0.1, 0.15) is 5.82 Å². The fourth-order valence-electron chi connectivity index (χ4n) is 1.89. The molecule has 0 aliphatic rings. The molecule has 0 radical (unpaired) electrons. The topological polar surface area (TPSA) is 41.1 Å². The molecule has 0 bridgehead atoms. The number of nitrogens with one attached hydrogen (secondary N) is 2. The summed E-state index contributed by atoms with van der Waals surface area (Å²) in [5, 5.41) is 6.04. The van der Waals surface area contributed by atoms with Gasteiger partial charge >= 0.3 is 6.03 Å². The molecule has 5 heteroatoms. The number of carbonyl (C=O) groups is 1. The number of aryl methyl sites for hydroxylation is 1. The van der Waals surface area contributed by atoms with Crippen LogP contribution in [-0.4, -0.2) is 12.6 Å². The van der Waals surface area contributed by atoms with Crippen LogP contribution in [0.25, 0.3) is 0 Å². The molecule has 2 aromatic carbocycles. The largest absolute Gasteiger partial charge is 0.338 e. The van der Waals surface area contributed by atoms with Crippen molar-refractivity contribution in [1.82, 2.24) is 5.32 Å². The van der Waals surface area contributed by atoms with E-state index in [1.807, 2.05) is 0 Å². The summed E-state index contributed by atoms with van der Waals surface area (Å²) in [6, 6.07) is 13.1. The highest BCUT2D eigenvalue weighted by Crippen LogP contribution is 2.14. The van der Waals surface area contributed by atoms with Crippen molar-refractivity contribution in [3.05, 3.63) is 64.9 Å². The number of amides is 2. The van der Waals surface area contributed by atoms with E-state index in [1.54, 1.807) is 36.4 Å². The Kier molecular flexibility index (Phi) is 5.58. The third-order valence-corrected chi connectivity index (χ3v) is 3.16. The van der Waals surface area contributed by atoms with E-state index in [1.165, 1.54) is 12.1 Å². The molecule has 0 aliphatic carbocycles. The Morgan fingerprint density at radius 2 is 1.90 bits per heavy atom. The summed E-state index contributed by atoms with van der Waals surface area (Å²) in [7, 11) is 0. The number of hydrogen-bond acceptors (Lipinski definition) is 1. The van der Waals surface area contributed by atoms with Crippen molar-refractivity contribution in [3.63, 3.8) is 0 Å². The predicted molar refractivity (Wildman–Crippen MR) is 83.2 cm³/mol. The number of rotatable bonds is 5. The molecule has 2 amide bonds. The molecule has 0 unspecified atom stereocenters. The Bertz CT molecular complexity index is 601. The Morgan fingerprint density at radius 3 is 2.62 bits per heavy atom. The second-order valence-electron chi connectivity index (χ2n) is 4.62. The van der Waals surface area contributed by atoms with Crippen LogP contribution in [0.2, 0.25) is 5.02 Å². The van der Waals surface area contributed by atoms with E-state index < -0.39 is 0 Å². The van der Waals surface area contributed by atoms with E-state index >= 15 is 0 Å². The molecule has 2 aromatic rings. The average Bonchev–Trinajstić information content (AvgIpc) is 2.45. The second-order valence-corrected chi connectivity index (χ2v) is 5.06. The van der Waals surface area contributed by atoms with Crippen LogP contribution >= 0.6 is 11.6 Å². The van der Waals surface area contributed by atoms with Gasteiger partial charge in [-0.1, -0.05) is 29.8 Å². The molecule has 2 rings (SSSR count). The lowest BCUT2D eigenvalue weighted by molar-refractivity contribution is 0.252. The summed E-state index contributed by atoms with van der Waals surface area (Å²) in [5.41, 5.74) is 1.70. The third kappa shape index (κ3) is 5.44. The first-order valence-electron chi connectivity index (χ1n) is 6.68. The Hall–Kier alpha value is -2.07. The van der Waals surface area contributed by atoms with E-state index in [0.717, 1.165) is 18.4 Å². The van der Waals surface area contributed by atoms with Crippen molar-refractivity contribution < 1.29 is 9.18 Å². The van der Waals surface area contributed by atoms with Gasteiger partial charge in [-0.05, 0) is 48.7 Å². The molecule has 0 saturated carbocycles. The highest BCUT2D eigenvalue weighted by atomic mass is 35.5. The molecular formula is C16H16ClFN2O. The standard InChI is InChI=1S/C16H16ClFN2O/c17-13-4-1-5-15(11-13)20-16(21)19-10-2-3-12-6-8-14(18)9-7-12/h1,4-9,11H,2-3,10H2,(H2,19,20,21). The molecule has 0 fully saturated rings. The number of halogens is 2. The molecule has 2 N–H and O–H groups in total. The summed E-state index contributed by atoms with van der Waals surface area (Å²) in [6.45, 7) is 0.545. The monoisotopic (exact) mass is 306 g/mol. The van der Waals surface area contributed by atoms with E-state index in [4.69, 9.17) is 11.6 Å². The molecule has 0 aromatic heterocycles. The van der Waals surface area contributed by atoms with Crippen molar-refractivity contribution >= 4 is 23.3 Å². The lowest BCUT2D eigenvalue weighted by Crippen LogP contribution is -2.29.